The SMILES string of the molecule is CC(C)n1cnc2c(NCc3ccccc3)nc(NC3CCC(N)CC3)nc21.Cl.Cl.Cl. The fraction of sp³-hybridized carbons (Fsp3) is 0.476. The Morgan fingerprint density at radius 1 is 1.03 bits per heavy atom. The number of imidazole rings is 1. The summed E-state index contributed by atoms with van der Waals surface area (Å²) in [6, 6.07) is 11.3. The van der Waals surface area contributed by atoms with E-state index in [4.69, 9.17) is 15.7 Å². The van der Waals surface area contributed by atoms with E-state index in [2.05, 4.69) is 46.2 Å². The van der Waals surface area contributed by atoms with Crippen molar-refractivity contribution in [3.63, 3.8) is 0 Å². The summed E-state index contributed by atoms with van der Waals surface area (Å²) in [5.74, 6) is 1.43. The lowest BCUT2D eigenvalue weighted by Crippen LogP contribution is -2.33. The van der Waals surface area contributed by atoms with E-state index in [1.807, 2.05) is 24.5 Å². The second-order valence-corrected chi connectivity index (χ2v) is 7.91. The van der Waals surface area contributed by atoms with E-state index in [1.165, 1.54) is 5.56 Å². The van der Waals surface area contributed by atoms with Gasteiger partial charge in [-0.1, -0.05) is 30.3 Å². The van der Waals surface area contributed by atoms with E-state index < -0.39 is 0 Å². The lowest BCUT2D eigenvalue weighted by atomic mass is 9.92. The summed E-state index contributed by atoms with van der Waals surface area (Å²) in [7, 11) is 0. The molecule has 172 valence electrons. The lowest BCUT2D eigenvalue weighted by molar-refractivity contribution is 0.410. The van der Waals surface area contributed by atoms with Crippen LogP contribution in [0.3, 0.4) is 0 Å². The molecule has 0 radical (unpaired) electrons. The number of nitrogens with one attached hydrogen (secondary N) is 2. The Balaban J connectivity index is 0.00000160. The Hall–Kier alpha value is -1.80. The summed E-state index contributed by atoms with van der Waals surface area (Å²) >= 11 is 0. The standard InChI is InChI=1S/C21H29N7.3ClH/c1-14(2)28-13-24-18-19(23-12-15-6-4-3-5-7-15)26-21(27-20(18)28)25-17-10-8-16(22)9-11-17;;;/h3-7,13-14,16-17H,8-12,22H2,1-2H3,(H2,23,25,26,27);3*1H. The van der Waals surface area contributed by atoms with Gasteiger partial charge in [-0.25, -0.2) is 4.98 Å². The predicted octanol–water partition coefficient (Wildman–Crippen LogP) is 4.97. The fourth-order valence-corrected chi connectivity index (χ4v) is 3.71. The second kappa shape index (κ2) is 12.3. The van der Waals surface area contributed by atoms with E-state index >= 15 is 0 Å². The van der Waals surface area contributed by atoms with Gasteiger partial charge in [0.25, 0.3) is 0 Å². The van der Waals surface area contributed by atoms with Gasteiger partial charge in [0.05, 0.1) is 6.33 Å². The highest BCUT2D eigenvalue weighted by Crippen LogP contribution is 2.26. The van der Waals surface area contributed by atoms with Crippen LogP contribution in [0.2, 0.25) is 0 Å². The Bertz CT molecular complexity index is 925. The molecule has 0 atom stereocenters. The highest BCUT2D eigenvalue weighted by molar-refractivity contribution is 5.86. The molecule has 1 aliphatic rings. The molecule has 1 fully saturated rings. The van der Waals surface area contributed by atoms with Crippen LogP contribution < -0.4 is 16.4 Å². The molecule has 1 aromatic carbocycles. The van der Waals surface area contributed by atoms with Gasteiger partial charge >= 0.3 is 0 Å². The third kappa shape index (κ3) is 6.59. The van der Waals surface area contributed by atoms with Crippen molar-refractivity contribution in [2.45, 2.75) is 64.2 Å². The number of fused-ring (bicyclic) bond motifs is 1. The van der Waals surface area contributed by atoms with E-state index in [1.54, 1.807) is 0 Å². The molecule has 0 amide bonds. The van der Waals surface area contributed by atoms with Gasteiger partial charge in [-0.2, -0.15) is 9.97 Å². The summed E-state index contributed by atoms with van der Waals surface area (Å²) in [6.07, 6.45) is 6.05. The zero-order valence-corrected chi connectivity index (χ0v) is 20.3. The maximum absolute atomic E-state index is 6.04. The molecule has 2 heterocycles. The highest BCUT2D eigenvalue weighted by atomic mass is 35.5. The van der Waals surface area contributed by atoms with Crippen LogP contribution in [0.25, 0.3) is 11.2 Å². The smallest absolute Gasteiger partial charge is 0.227 e. The monoisotopic (exact) mass is 487 g/mol. The first kappa shape index (κ1) is 27.2. The number of benzene rings is 1. The summed E-state index contributed by atoms with van der Waals surface area (Å²) < 4.78 is 2.09. The average molecular weight is 489 g/mol. The van der Waals surface area contributed by atoms with E-state index in [9.17, 15) is 0 Å². The number of nitrogens with zero attached hydrogens (tertiary/aromatic N) is 4. The predicted molar refractivity (Wildman–Crippen MR) is 135 cm³/mol. The summed E-state index contributed by atoms with van der Waals surface area (Å²) in [4.78, 5) is 14.1. The molecule has 31 heavy (non-hydrogen) atoms. The van der Waals surface area contributed by atoms with Crippen molar-refractivity contribution in [1.29, 1.82) is 0 Å². The molecule has 0 unspecified atom stereocenters. The molecule has 0 saturated heterocycles. The van der Waals surface area contributed by atoms with Crippen molar-refractivity contribution in [3.8, 4) is 0 Å². The summed E-state index contributed by atoms with van der Waals surface area (Å²) in [5.41, 5.74) is 8.91. The normalized spacial score (nSPS) is 17.9. The van der Waals surface area contributed by atoms with Crippen LogP contribution in [0.4, 0.5) is 11.8 Å². The van der Waals surface area contributed by atoms with Crippen LogP contribution in [-0.4, -0.2) is 31.6 Å². The van der Waals surface area contributed by atoms with Crippen LogP contribution >= 0.6 is 37.2 Å². The fourth-order valence-electron chi connectivity index (χ4n) is 3.71. The van der Waals surface area contributed by atoms with Gasteiger partial charge in [-0.05, 0) is 45.1 Å². The lowest BCUT2D eigenvalue weighted by Gasteiger charge is -2.27. The first-order valence-corrected chi connectivity index (χ1v) is 10.1. The Labute approximate surface area is 202 Å². The molecule has 10 heteroatoms. The molecule has 3 aromatic rings. The van der Waals surface area contributed by atoms with Gasteiger partial charge in [0.2, 0.25) is 5.95 Å². The number of hydrogen-bond acceptors (Lipinski definition) is 6. The Morgan fingerprint density at radius 2 is 1.71 bits per heavy atom. The van der Waals surface area contributed by atoms with Crippen LogP contribution in [-0.2, 0) is 6.54 Å². The van der Waals surface area contributed by atoms with Crippen molar-refractivity contribution >= 4 is 60.2 Å². The molecular formula is C21H32Cl3N7. The first-order valence-electron chi connectivity index (χ1n) is 10.1. The van der Waals surface area contributed by atoms with E-state index in [-0.39, 0.29) is 43.3 Å². The number of nitrogens with two attached hydrogens (primary N) is 1. The molecule has 0 aliphatic heterocycles. The van der Waals surface area contributed by atoms with Crippen molar-refractivity contribution in [2.75, 3.05) is 10.6 Å². The minimum Gasteiger partial charge on any atom is -0.364 e. The zero-order valence-electron chi connectivity index (χ0n) is 17.8. The van der Waals surface area contributed by atoms with Crippen molar-refractivity contribution in [2.24, 2.45) is 5.73 Å². The Kier molecular flexibility index (Phi) is 10.8. The second-order valence-electron chi connectivity index (χ2n) is 7.91. The molecular weight excluding hydrogens is 457 g/mol. The quantitative estimate of drug-likeness (QED) is 0.454. The number of hydrogen-bond donors (Lipinski definition) is 3. The molecule has 2 aromatic heterocycles. The molecule has 4 rings (SSSR count). The zero-order chi connectivity index (χ0) is 19.5. The maximum atomic E-state index is 6.04. The third-order valence-electron chi connectivity index (χ3n) is 5.39. The summed E-state index contributed by atoms with van der Waals surface area (Å²) in [5, 5.41) is 6.98. The van der Waals surface area contributed by atoms with Gasteiger partial charge in [-0.3, -0.25) is 0 Å². The summed E-state index contributed by atoms with van der Waals surface area (Å²) in [6.45, 7) is 4.96. The maximum Gasteiger partial charge on any atom is 0.227 e. The molecule has 1 saturated carbocycles. The van der Waals surface area contributed by atoms with Crippen molar-refractivity contribution in [1.82, 2.24) is 19.5 Å². The first-order chi connectivity index (χ1) is 13.6. The Morgan fingerprint density at radius 3 is 2.35 bits per heavy atom. The van der Waals surface area contributed by atoms with Gasteiger partial charge in [-0.15, -0.1) is 37.2 Å². The molecule has 7 nitrogen and oxygen atoms in total. The number of rotatable bonds is 6. The molecule has 0 spiro atoms. The molecule has 4 N–H and O–H groups in total. The van der Waals surface area contributed by atoms with Crippen molar-refractivity contribution < 1.29 is 0 Å². The molecule has 1 aliphatic carbocycles. The number of aromatic nitrogens is 4. The van der Waals surface area contributed by atoms with E-state index in [0.29, 0.717) is 24.6 Å². The average Bonchev–Trinajstić information content (AvgIpc) is 3.13. The van der Waals surface area contributed by atoms with Crippen LogP contribution in [0.15, 0.2) is 36.7 Å². The van der Waals surface area contributed by atoms with Crippen LogP contribution in [0.1, 0.15) is 51.1 Å². The number of halogens is 3. The third-order valence-corrected chi connectivity index (χ3v) is 5.39. The minimum atomic E-state index is 0. The van der Waals surface area contributed by atoms with Gasteiger partial charge < -0.3 is 20.9 Å². The number of anilines is 2. The van der Waals surface area contributed by atoms with Gasteiger partial charge in [0.15, 0.2) is 17.0 Å². The van der Waals surface area contributed by atoms with E-state index in [0.717, 1.165) is 42.7 Å². The van der Waals surface area contributed by atoms with Gasteiger partial charge in [0, 0.05) is 24.7 Å². The highest BCUT2D eigenvalue weighted by Gasteiger charge is 2.21. The van der Waals surface area contributed by atoms with Gasteiger partial charge in [0.1, 0.15) is 0 Å². The van der Waals surface area contributed by atoms with Crippen LogP contribution in [0.5, 0.6) is 0 Å². The largest absolute Gasteiger partial charge is 0.364 e. The molecule has 0 bridgehead atoms. The topological polar surface area (TPSA) is 93.7 Å². The van der Waals surface area contributed by atoms with Crippen molar-refractivity contribution in [3.05, 3.63) is 42.2 Å². The minimum absolute atomic E-state index is 0. The van der Waals surface area contributed by atoms with Crippen LogP contribution in [0, 0.1) is 0 Å².